The highest BCUT2D eigenvalue weighted by Gasteiger charge is 1.99. The third-order valence-electron chi connectivity index (χ3n) is 2.02. The second-order valence-corrected chi connectivity index (χ2v) is 5.25. The lowest BCUT2D eigenvalue weighted by Gasteiger charge is -2.20. The van der Waals surface area contributed by atoms with E-state index in [1.807, 2.05) is 12.1 Å². The van der Waals surface area contributed by atoms with Crippen molar-refractivity contribution in [3.8, 4) is 0 Å². The van der Waals surface area contributed by atoms with Gasteiger partial charge in [0.25, 0.3) is 0 Å². The Kier molecular flexibility index (Phi) is 6.60. The molecule has 0 aromatic heterocycles. The Labute approximate surface area is 103 Å². The van der Waals surface area contributed by atoms with E-state index in [-0.39, 0.29) is 0 Å². The standard InChI is InChI=1S/C10H16N2.CH5NO2S/c1-3-12(4-2)10-7-5-9(11)6-8-10;1-5(2,3)4/h5-8H,3-4,11H2,1-2H3;1H3,(H2,2,3,4). The van der Waals surface area contributed by atoms with Gasteiger partial charge >= 0.3 is 0 Å². The van der Waals surface area contributed by atoms with E-state index in [0.717, 1.165) is 25.0 Å². The molecule has 0 heterocycles. The van der Waals surface area contributed by atoms with Crippen LogP contribution in [0.4, 0.5) is 11.4 Å². The molecule has 0 spiro atoms. The molecule has 0 aliphatic carbocycles. The van der Waals surface area contributed by atoms with Crippen LogP contribution in [0.1, 0.15) is 13.8 Å². The van der Waals surface area contributed by atoms with Crippen molar-refractivity contribution in [2.75, 3.05) is 30.0 Å². The third-order valence-corrected chi connectivity index (χ3v) is 2.02. The lowest BCUT2D eigenvalue weighted by Crippen LogP contribution is -2.21. The fraction of sp³-hybridized carbons (Fsp3) is 0.455. The van der Waals surface area contributed by atoms with Crippen LogP contribution in [0.15, 0.2) is 24.3 Å². The molecule has 98 valence electrons. The first kappa shape index (κ1) is 15.7. The Balaban J connectivity index is 0.000000437. The van der Waals surface area contributed by atoms with E-state index in [1.54, 1.807) is 0 Å². The average molecular weight is 259 g/mol. The maximum absolute atomic E-state index is 9.41. The van der Waals surface area contributed by atoms with Gasteiger partial charge in [0.15, 0.2) is 0 Å². The molecule has 0 fully saturated rings. The van der Waals surface area contributed by atoms with E-state index in [9.17, 15) is 8.42 Å². The summed E-state index contributed by atoms with van der Waals surface area (Å²) in [5, 5.41) is 4.33. The summed E-state index contributed by atoms with van der Waals surface area (Å²) in [6.45, 7) is 6.39. The number of hydrogen-bond donors (Lipinski definition) is 2. The number of benzene rings is 1. The molecule has 1 rings (SSSR count). The highest BCUT2D eigenvalue weighted by atomic mass is 32.2. The average Bonchev–Trinajstić information content (AvgIpc) is 2.20. The molecule has 0 saturated heterocycles. The smallest absolute Gasteiger partial charge is 0.206 e. The van der Waals surface area contributed by atoms with Crippen molar-refractivity contribution in [2.24, 2.45) is 5.14 Å². The lowest BCUT2D eigenvalue weighted by atomic mass is 10.2. The zero-order valence-electron chi connectivity index (χ0n) is 10.6. The monoisotopic (exact) mass is 259 g/mol. The van der Waals surface area contributed by atoms with Crippen LogP contribution in [-0.4, -0.2) is 27.8 Å². The van der Waals surface area contributed by atoms with Gasteiger partial charge in [0.05, 0.1) is 6.26 Å². The van der Waals surface area contributed by atoms with Crippen LogP contribution < -0.4 is 15.8 Å². The Morgan fingerprint density at radius 2 is 1.47 bits per heavy atom. The Morgan fingerprint density at radius 3 is 1.76 bits per heavy atom. The highest BCUT2D eigenvalue weighted by molar-refractivity contribution is 7.88. The fourth-order valence-corrected chi connectivity index (χ4v) is 1.27. The minimum atomic E-state index is -3.17. The molecular formula is C11H21N3O2S. The third kappa shape index (κ3) is 8.53. The first-order chi connectivity index (χ1) is 7.77. The number of anilines is 2. The van der Waals surface area contributed by atoms with Crippen LogP contribution in [0.2, 0.25) is 0 Å². The van der Waals surface area contributed by atoms with Crippen molar-refractivity contribution in [1.82, 2.24) is 0 Å². The minimum absolute atomic E-state index is 0.825. The van der Waals surface area contributed by atoms with Gasteiger partial charge in [0, 0.05) is 24.5 Å². The Bertz CT molecular complexity index is 403. The minimum Gasteiger partial charge on any atom is -0.399 e. The van der Waals surface area contributed by atoms with Crippen molar-refractivity contribution >= 4 is 21.4 Å². The summed E-state index contributed by atoms with van der Waals surface area (Å²) >= 11 is 0. The first-order valence-electron chi connectivity index (χ1n) is 5.36. The van der Waals surface area contributed by atoms with Crippen molar-refractivity contribution < 1.29 is 8.42 Å². The van der Waals surface area contributed by atoms with Gasteiger partial charge in [-0.25, -0.2) is 13.6 Å². The zero-order chi connectivity index (χ0) is 13.5. The predicted octanol–water partition coefficient (Wildman–Crippen LogP) is 1.02. The molecule has 0 saturated carbocycles. The summed E-state index contributed by atoms with van der Waals surface area (Å²) in [5.41, 5.74) is 7.66. The van der Waals surface area contributed by atoms with E-state index in [2.05, 4.69) is 36.0 Å². The zero-order valence-corrected chi connectivity index (χ0v) is 11.4. The van der Waals surface area contributed by atoms with Crippen LogP contribution in [-0.2, 0) is 10.0 Å². The second kappa shape index (κ2) is 7.13. The lowest BCUT2D eigenvalue weighted by molar-refractivity contribution is 0.603. The van der Waals surface area contributed by atoms with Crippen LogP contribution in [0.5, 0.6) is 0 Å². The first-order valence-corrected chi connectivity index (χ1v) is 7.31. The molecule has 0 aliphatic rings. The largest absolute Gasteiger partial charge is 0.399 e. The van der Waals surface area contributed by atoms with Crippen molar-refractivity contribution in [1.29, 1.82) is 0 Å². The Morgan fingerprint density at radius 1 is 1.12 bits per heavy atom. The van der Waals surface area contributed by atoms with Gasteiger partial charge in [0.2, 0.25) is 10.0 Å². The number of hydrogen-bond acceptors (Lipinski definition) is 4. The van der Waals surface area contributed by atoms with Crippen LogP contribution >= 0.6 is 0 Å². The van der Waals surface area contributed by atoms with Crippen LogP contribution in [0.25, 0.3) is 0 Å². The highest BCUT2D eigenvalue weighted by Crippen LogP contribution is 2.15. The molecular weight excluding hydrogens is 238 g/mol. The van der Waals surface area contributed by atoms with Gasteiger partial charge in [-0.3, -0.25) is 0 Å². The van der Waals surface area contributed by atoms with E-state index in [0.29, 0.717) is 0 Å². The number of nitrogens with zero attached hydrogens (tertiary/aromatic N) is 1. The fourth-order valence-electron chi connectivity index (χ4n) is 1.27. The summed E-state index contributed by atoms with van der Waals surface area (Å²) in [6.07, 6.45) is 0.938. The van der Waals surface area contributed by atoms with Crippen LogP contribution in [0, 0.1) is 0 Å². The number of sulfonamides is 1. The van der Waals surface area contributed by atoms with Crippen LogP contribution in [0.3, 0.4) is 0 Å². The van der Waals surface area contributed by atoms with Gasteiger partial charge in [-0.1, -0.05) is 0 Å². The quantitative estimate of drug-likeness (QED) is 0.793. The molecule has 0 atom stereocenters. The summed E-state index contributed by atoms with van der Waals surface area (Å²) in [5.74, 6) is 0. The second-order valence-electron chi connectivity index (χ2n) is 3.59. The summed E-state index contributed by atoms with van der Waals surface area (Å²) in [7, 11) is -3.17. The SMILES string of the molecule is CCN(CC)c1ccc(N)cc1.CS(N)(=O)=O. The number of primary sulfonamides is 1. The van der Waals surface area contributed by atoms with Gasteiger partial charge in [-0.2, -0.15) is 0 Å². The molecule has 0 amide bonds. The molecule has 5 nitrogen and oxygen atoms in total. The Hall–Kier alpha value is -1.27. The number of nitrogen functional groups attached to an aromatic ring is 1. The van der Waals surface area contributed by atoms with Crippen molar-refractivity contribution in [3.05, 3.63) is 24.3 Å². The van der Waals surface area contributed by atoms with E-state index >= 15 is 0 Å². The maximum atomic E-state index is 9.41. The topological polar surface area (TPSA) is 89.4 Å². The van der Waals surface area contributed by atoms with Crippen molar-refractivity contribution in [3.63, 3.8) is 0 Å². The predicted molar refractivity (Wildman–Crippen MR) is 73.4 cm³/mol. The molecule has 1 aromatic rings. The van der Waals surface area contributed by atoms with Gasteiger partial charge < -0.3 is 10.6 Å². The molecule has 0 unspecified atom stereocenters. The molecule has 0 radical (unpaired) electrons. The van der Waals surface area contributed by atoms with E-state index < -0.39 is 10.0 Å². The maximum Gasteiger partial charge on any atom is 0.206 e. The molecule has 1 aromatic carbocycles. The summed E-state index contributed by atoms with van der Waals surface area (Å²) < 4.78 is 18.8. The van der Waals surface area contributed by atoms with E-state index in [4.69, 9.17) is 5.73 Å². The van der Waals surface area contributed by atoms with Crippen molar-refractivity contribution in [2.45, 2.75) is 13.8 Å². The van der Waals surface area contributed by atoms with Gasteiger partial charge in [-0.05, 0) is 38.1 Å². The molecule has 0 aliphatic heterocycles. The molecule has 6 heteroatoms. The normalized spacial score (nSPS) is 10.4. The molecule has 4 N–H and O–H groups in total. The number of rotatable bonds is 3. The van der Waals surface area contributed by atoms with Gasteiger partial charge in [-0.15, -0.1) is 0 Å². The molecule has 0 bridgehead atoms. The number of nitrogens with two attached hydrogens (primary N) is 2. The van der Waals surface area contributed by atoms with E-state index in [1.165, 1.54) is 5.69 Å². The van der Waals surface area contributed by atoms with Gasteiger partial charge in [0.1, 0.15) is 0 Å². The summed E-state index contributed by atoms with van der Waals surface area (Å²) in [4.78, 5) is 2.29. The summed E-state index contributed by atoms with van der Waals surface area (Å²) in [6, 6.07) is 7.99. The molecule has 17 heavy (non-hydrogen) atoms.